The number of carbonyl (C=O) groups is 1. The maximum atomic E-state index is 12.0. The molecular formula is C20H21N3O2. The Morgan fingerprint density at radius 2 is 1.80 bits per heavy atom. The Kier molecular flexibility index (Phi) is 5.14. The van der Waals surface area contributed by atoms with Crippen molar-refractivity contribution in [1.29, 1.82) is 0 Å². The van der Waals surface area contributed by atoms with Gasteiger partial charge in [0.05, 0.1) is 6.54 Å². The van der Waals surface area contributed by atoms with Crippen LogP contribution in [0.1, 0.15) is 25.2 Å². The van der Waals surface area contributed by atoms with Gasteiger partial charge in [0.2, 0.25) is 0 Å². The van der Waals surface area contributed by atoms with Crippen molar-refractivity contribution in [1.82, 2.24) is 5.43 Å². The first-order valence-electron chi connectivity index (χ1n) is 8.32. The van der Waals surface area contributed by atoms with Gasteiger partial charge >= 0.3 is 0 Å². The molecule has 3 aromatic rings. The zero-order valence-electron chi connectivity index (χ0n) is 14.4. The van der Waals surface area contributed by atoms with Gasteiger partial charge in [-0.2, -0.15) is 5.10 Å². The number of anilines is 1. The maximum absolute atomic E-state index is 12.0. The number of hydrogen-bond donors (Lipinski definition) is 2. The smallest absolute Gasteiger partial charge is 0.259 e. The second kappa shape index (κ2) is 7.66. The van der Waals surface area contributed by atoms with Crippen molar-refractivity contribution in [3.8, 4) is 0 Å². The highest BCUT2D eigenvalue weighted by Crippen LogP contribution is 2.26. The van der Waals surface area contributed by atoms with Gasteiger partial charge in [0, 0.05) is 16.6 Å². The van der Waals surface area contributed by atoms with Crippen molar-refractivity contribution >= 4 is 28.3 Å². The van der Waals surface area contributed by atoms with Crippen LogP contribution in [0.3, 0.4) is 0 Å². The third kappa shape index (κ3) is 3.88. The average molecular weight is 335 g/mol. The number of nitrogens with one attached hydrogen (secondary N) is 2. The lowest BCUT2D eigenvalue weighted by Crippen LogP contribution is -2.26. The monoisotopic (exact) mass is 335 g/mol. The van der Waals surface area contributed by atoms with Crippen LogP contribution in [-0.2, 0) is 11.2 Å². The molecule has 2 N–H and O–H groups in total. The standard InChI is InChI=1S/C20H21N3O2/c1-3-16-17-11-7-8-12-18(17)25-20(16)14(2)22-23-19(24)13-21-15-9-5-4-6-10-15/h4-12,21H,3,13H2,1-2H3,(H,23,24)/b22-14-. The number of benzene rings is 2. The number of furan rings is 1. The quantitative estimate of drug-likeness (QED) is 0.529. The molecule has 0 atom stereocenters. The molecule has 1 aromatic heterocycles. The zero-order chi connectivity index (χ0) is 17.6. The van der Waals surface area contributed by atoms with Crippen molar-refractivity contribution in [2.24, 2.45) is 5.10 Å². The molecule has 0 spiro atoms. The highest BCUT2D eigenvalue weighted by atomic mass is 16.3. The summed E-state index contributed by atoms with van der Waals surface area (Å²) in [6.45, 7) is 4.07. The summed E-state index contributed by atoms with van der Waals surface area (Å²) in [5.41, 5.74) is 6.06. The summed E-state index contributed by atoms with van der Waals surface area (Å²) < 4.78 is 5.92. The van der Waals surface area contributed by atoms with Gasteiger partial charge < -0.3 is 9.73 Å². The molecule has 0 bridgehead atoms. The maximum Gasteiger partial charge on any atom is 0.259 e. The fourth-order valence-corrected chi connectivity index (χ4v) is 2.72. The predicted octanol–water partition coefficient (Wildman–Crippen LogP) is 3.95. The minimum Gasteiger partial charge on any atom is -0.454 e. The predicted molar refractivity (Wildman–Crippen MR) is 101 cm³/mol. The minimum atomic E-state index is -0.211. The molecule has 1 heterocycles. The molecule has 0 saturated heterocycles. The summed E-state index contributed by atoms with van der Waals surface area (Å²) in [6, 6.07) is 17.5. The van der Waals surface area contributed by atoms with Gasteiger partial charge in [-0.05, 0) is 31.5 Å². The van der Waals surface area contributed by atoms with E-state index in [1.54, 1.807) is 0 Å². The Bertz CT molecular complexity index is 898. The SMILES string of the molecule is CCc1c(/C(C)=N\NC(=O)CNc2ccccc2)oc2ccccc12. The molecule has 0 saturated carbocycles. The molecule has 128 valence electrons. The van der Waals surface area contributed by atoms with Crippen LogP contribution in [-0.4, -0.2) is 18.2 Å². The second-order valence-corrected chi connectivity index (χ2v) is 5.71. The summed E-state index contributed by atoms with van der Waals surface area (Å²) in [6.07, 6.45) is 0.836. The molecular weight excluding hydrogens is 314 g/mol. The number of carbonyl (C=O) groups excluding carboxylic acids is 1. The van der Waals surface area contributed by atoms with Gasteiger partial charge in [0.25, 0.3) is 5.91 Å². The Morgan fingerprint density at radius 1 is 1.08 bits per heavy atom. The van der Waals surface area contributed by atoms with Gasteiger partial charge in [-0.25, -0.2) is 5.43 Å². The van der Waals surface area contributed by atoms with E-state index in [2.05, 4.69) is 22.8 Å². The molecule has 2 aromatic carbocycles. The summed E-state index contributed by atoms with van der Waals surface area (Å²) in [4.78, 5) is 12.0. The third-order valence-corrected chi connectivity index (χ3v) is 3.96. The number of nitrogens with zero attached hydrogens (tertiary/aromatic N) is 1. The van der Waals surface area contributed by atoms with Crippen LogP contribution in [0, 0.1) is 0 Å². The first kappa shape index (κ1) is 16.8. The number of rotatable bonds is 6. The minimum absolute atomic E-state index is 0.154. The van der Waals surface area contributed by atoms with Gasteiger partial charge in [0.1, 0.15) is 11.3 Å². The molecule has 1 amide bonds. The number of hydrogen-bond acceptors (Lipinski definition) is 4. The van der Waals surface area contributed by atoms with E-state index in [9.17, 15) is 4.79 Å². The van der Waals surface area contributed by atoms with E-state index >= 15 is 0 Å². The van der Waals surface area contributed by atoms with E-state index in [0.29, 0.717) is 5.71 Å². The molecule has 5 nitrogen and oxygen atoms in total. The normalized spacial score (nSPS) is 11.5. The van der Waals surface area contributed by atoms with Gasteiger partial charge in [-0.3, -0.25) is 4.79 Å². The van der Waals surface area contributed by atoms with Crippen molar-refractivity contribution < 1.29 is 9.21 Å². The molecule has 0 aliphatic rings. The lowest BCUT2D eigenvalue weighted by atomic mass is 10.1. The lowest BCUT2D eigenvalue weighted by Gasteiger charge is -2.05. The van der Waals surface area contributed by atoms with Crippen LogP contribution in [0.5, 0.6) is 0 Å². The second-order valence-electron chi connectivity index (χ2n) is 5.71. The average Bonchev–Trinajstić information content (AvgIpc) is 3.04. The Morgan fingerprint density at radius 3 is 2.56 bits per heavy atom. The van der Waals surface area contributed by atoms with E-state index in [-0.39, 0.29) is 12.5 Å². The molecule has 0 unspecified atom stereocenters. The molecule has 5 heteroatoms. The molecule has 0 radical (unpaired) electrons. The van der Waals surface area contributed by atoms with Crippen LogP contribution in [0.2, 0.25) is 0 Å². The molecule has 0 aliphatic heterocycles. The van der Waals surface area contributed by atoms with Gasteiger partial charge in [-0.1, -0.05) is 43.3 Å². The Balaban J connectivity index is 1.68. The largest absolute Gasteiger partial charge is 0.454 e. The summed E-state index contributed by atoms with van der Waals surface area (Å²) >= 11 is 0. The van der Waals surface area contributed by atoms with E-state index < -0.39 is 0 Å². The first-order valence-corrected chi connectivity index (χ1v) is 8.32. The number of aryl methyl sites for hydroxylation is 1. The Hall–Kier alpha value is -3.08. The van der Waals surface area contributed by atoms with Gasteiger partial charge in [-0.15, -0.1) is 0 Å². The molecule has 0 aliphatic carbocycles. The Labute approximate surface area is 146 Å². The number of amides is 1. The van der Waals surface area contributed by atoms with E-state index in [4.69, 9.17) is 4.42 Å². The fraction of sp³-hybridized carbons (Fsp3) is 0.200. The van der Waals surface area contributed by atoms with E-state index in [0.717, 1.165) is 34.4 Å². The first-order chi connectivity index (χ1) is 12.2. The van der Waals surface area contributed by atoms with Crippen LogP contribution < -0.4 is 10.7 Å². The van der Waals surface area contributed by atoms with Crippen LogP contribution in [0.15, 0.2) is 64.1 Å². The number of fused-ring (bicyclic) bond motifs is 1. The van der Waals surface area contributed by atoms with Crippen LogP contribution in [0.4, 0.5) is 5.69 Å². The van der Waals surface area contributed by atoms with Crippen LogP contribution >= 0.6 is 0 Å². The molecule has 3 rings (SSSR count). The van der Waals surface area contributed by atoms with Crippen molar-refractivity contribution in [2.45, 2.75) is 20.3 Å². The van der Waals surface area contributed by atoms with E-state index in [1.165, 1.54) is 0 Å². The lowest BCUT2D eigenvalue weighted by molar-refractivity contribution is -0.119. The van der Waals surface area contributed by atoms with Crippen molar-refractivity contribution in [2.75, 3.05) is 11.9 Å². The van der Waals surface area contributed by atoms with E-state index in [1.807, 2.05) is 61.5 Å². The number of para-hydroxylation sites is 2. The highest BCUT2D eigenvalue weighted by Gasteiger charge is 2.15. The summed E-state index contributed by atoms with van der Waals surface area (Å²) in [7, 11) is 0. The fourth-order valence-electron chi connectivity index (χ4n) is 2.72. The summed E-state index contributed by atoms with van der Waals surface area (Å²) in [5.74, 6) is 0.511. The highest BCUT2D eigenvalue weighted by molar-refractivity contribution is 6.02. The number of hydrazone groups is 1. The summed E-state index contributed by atoms with van der Waals surface area (Å²) in [5, 5.41) is 8.33. The third-order valence-electron chi connectivity index (χ3n) is 3.96. The van der Waals surface area contributed by atoms with Gasteiger partial charge in [0.15, 0.2) is 5.76 Å². The van der Waals surface area contributed by atoms with Crippen LogP contribution in [0.25, 0.3) is 11.0 Å². The molecule has 25 heavy (non-hydrogen) atoms. The topological polar surface area (TPSA) is 66.6 Å². The van der Waals surface area contributed by atoms with Crippen molar-refractivity contribution in [3.05, 3.63) is 65.9 Å². The zero-order valence-corrected chi connectivity index (χ0v) is 14.4. The molecule has 0 fully saturated rings. The van der Waals surface area contributed by atoms with Crippen molar-refractivity contribution in [3.63, 3.8) is 0 Å².